The van der Waals surface area contributed by atoms with Gasteiger partial charge in [0, 0.05) is 13.2 Å². The summed E-state index contributed by atoms with van der Waals surface area (Å²) in [5, 5.41) is 0. The largest absolute Gasteiger partial charge is 0.468 e. The number of sulfonamides is 1. The topological polar surface area (TPSA) is 63.0 Å². The van der Waals surface area contributed by atoms with Gasteiger partial charge in [-0.2, -0.15) is 4.31 Å². The molecule has 0 radical (unpaired) electrons. The lowest BCUT2D eigenvalue weighted by molar-refractivity contribution is -0.0324. The Morgan fingerprint density at radius 3 is 2.95 bits per heavy atom. The fourth-order valence-electron chi connectivity index (χ4n) is 3.53. The molecule has 0 spiro atoms. The van der Waals surface area contributed by atoms with Crippen molar-refractivity contribution >= 4 is 10.0 Å². The van der Waals surface area contributed by atoms with E-state index >= 15 is 0 Å². The monoisotopic (exact) mass is 328 g/mol. The first-order chi connectivity index (χ1) is 10.5. The van der Waals surface area contributed by atoms with Gasteiger partial charge in [-0.1, -0.05) is 0 Å². The summed E-state index contributed by atoms with van der Waals surface area (Å²) in [6.45, 7) is 3.58. The Morgan fingerprint density at radius 1 is 1.45 bits per heavy atom. The zero-order valence-corrected chi connectivity index (χ0v) is 14.0. The zero-order chi connectivity index (χ0) is 15.7. The molecule has 0 aromatic carbocycles. The third-order valence-electron chi connectivity index (χ3n) is 4.72. The van der Waals surface area contributed by atoms with Crippen LogP contribution in [0.15, 0.2) is 22.8 Å². The third-order valence-corrected chi connectivity index (χ3v) is 6.59. The molecular formula is C15H24N2O4S. The fourth-order valence-corrected chi connectivity index (χ4v) is 4.88. The highest BCUT2D eigenvalue weighted by Gasteiger charge is 2.49. The van der Waals surface area contributed by atoms with Crippen LogP contribution in [0.1, 0.15) is 25.5 Å². The lowest BCUT2D eigenvalue weighted by Crippen LogP contribution is -2.46. The Bertz CT molecular complexity index is 587. The second-order valence-electron chi connectivity index (χ2n) is 6.08. The van der Waals surface area contributed by atoms with Crippen LogP contribution in [0, 0.1) is 0 Å². The molecule has 1 aromatic heterocycles. The molecule has 2 aliphatic rings. The van der Waals surface area contributed by atoms with Crippen LogP contribution in [-0.2, 0) is 21.3 Å². The molecule has 2 aliphatic heterocycles. The van der Waals surface area contributed by atoms with Gasteiger partial charge in [0.2, 0.25) is 10.0 Å². The van der Waals surface area contributed by atoms with E-state index in [1.807, 2.05) is 19.2 Å². The Kier molecular flexibility index (Phi) is 4.59. The smallest absolute Gasteiger partial charge is 0.214 e. The molecule has 6 nitrogen and oxygen atoms in total. The first-order valence-electron chi connectivity index (χ1n) is 7.86. The van der Waals surface area contributed by atoms with Crippen molar-refractivity contribution in [2.45, 2.75) is 44.5 Å². The van der Waals surface area contributed by atoms with Gasteiger partial charge in [0.25, 0.3) is 0 Å². The minimum absolute atomic E-state index is 0.0252. The third kappa shape index (κ3) is 2.95. The van der Waals surface area contributed by atoms with Crippen LogP contribution in [-0.4, -0.2) is 61.8 Å². The molecule has 3 atom stereocenters. The van der Waals surface area contributed by atoms with E-state index in [0.717, 1.165) is 18.6 Å². The number of likely N-dealkylation sites (N-methyl/N-ethyl adjacent to an activating group) is 1. The molecule has 0 saturated carbocycles. The second kappa shape index (κ2) is 6.31. The Balaban J connectivity index is 1.79. The number of ether oxygens (including phenoxy) is 1. The maximum absolute atomic E-state index is 12.4. The summed E-state index contributed by atoms with van der Waals surface area (Å²) in [6.07, 6.45) is 3.42. The van der Waals surface area contributed by atoms with Gasteiger partial charge < -0.3 is 9.15 Å². The van der Waals surface area contributed by atoms with Gasteiger partial charge >= 0.3 is 0 Å². The zero-order valence-electron chi connectivity index (χ0n) is 13.1. The van der Waals surface area contributed by atoms with E-state index in [4.69, 9.17) is 9.15 Å². The lowest BCUT2D eigenvalue weighted by atomic mass is 10.0. The molecule has 2 fully saturated rings. The standard InChI is InChI=1S/C15H24N2O4S/c1-3-22(18,19)17-11-14(15-13(17)7-5-9-21-15)16(2)10-12-6-4-8-20-12/h4,6,8,13-15H,3,5,7,9-11H2,1-2H3/t13?,14-,15?/m0/s1. The predicted octanol–water partition coefficient (Wildman–Crippen LogP) is 1.29. The quantitative estimate of drug-likeness (QED) is 0.815. The van der Waals surface area contributed by atoms with Crippen molar-refractivity contribution in [3.8, 4) is 0 Å². The van der Waals surface area contributed by atoms with Crippen molar-refractivity contribution in [2.24, 2.45) is 0 Å². The summed E-state index contributed by atoms with van der Waals surface area (Å²) in [4.78, 5) is 2.15. The summed E-state index contributed by atoms with van der Waals surface area (Å²) in [7, 11) is -1.19. The van der Waals surface area contributed by atoms with Gasteiger partial charge in [-0.15, -0.1) is 0 Å². The van der Waals surface area contributed by atoms with Crippen LogP contribution >= 0.6 is 0 Å². The molecule has 2 unspecified atom stereocenters. The Morgan fingerprint density at radius 2 is 2.27 bits per heavy atom. The van der Waals surface area contributed by atoms with Gasteiger partial charge in [0.15, 0.2) is 0 Å². The molecule has 1 aromatic rings. The number of fused-ring (bicyclic) bond motifs is 1. The Labute approximate surface area is 132 Å². The van der Waals surface area contributed by atoms with Crippen molar-refractivity contribution < 1.29 is 17.6 Å². The maximum Gasteiger partial charge on any atom is 0.214 e. The number of nitrogens with zero attached hydrogens (tertiary/aromatic N) is 2. The molecule has 0 bridgehead atoms. The molecule has 22 heavy (non-hydrogen) atoms. The van der Waals surface area contributed by atoms with E-state index in [2.05, 4.69) is 4.90 Å². The number of furan rings is 1. The van der Waals surface area contributed by atoms with Crippen molar-refractivity contribution in [1.29, 1.82) is 0 Å². The molecule has 0 N–H and O–H groups in total. The van der Waals surface area contributed by atoms with E-state index in [1.54, 1.807) is 17.5 Å². The molecule has 124 valence electrons. The number of hydrogen-bond donors (Lipinski definition) is 0. The minimum atomic E-state index is -3.19. The van der Waals surface area contributed by atoms with E-state index < -0.39 is 10.0 Å². The predicted molar refractivity (Wildman–Crippen MR) is 82.9 cm³/mol. The van der Waals surface area contributed by atoms with E-state index in [-0.39, 0.29) is 23.9 Å². The van der Waals surface area contributed by atoms with Crippen molar-refractivity contribution in [3.63, 3.8) is 0 Å². The molecule has 3 heterocycles. The highest BCUT2D eigenvalue weighted by Crippen LogP contribution is 2.33. The van der Waals surface area contributed by atoms with E-state index in [0.29, 0.717) is 19.7 Å². The van der Waals surface area contributed by atoms with Gasteiger partial charge in [0.1, 0.15) is 5.76 Å². The number of hydrogen-bond acceptors (Lipinski definition) is 5. The van der Waals surface area contributed by atoms with Crippen LogP contribution in [0.3, 0.4) is 0 Å². The van der Waals surface area contributed by atoms with E-state index in [9.17, 15) is 8.42 Å². The highest BCUT2D eigenvalue weighted by atomic mass is 32.2. The molecule has 0 amide bonds. The molecular weight excluding hydrogens is 304 g/mol. The molecule has 0 aliphatic carbocycles. The lowest BCUT2D eigenvalue weighted by Gasteiger charge is -2.34. The molecule has 3 rings (SSSR count). The summed E-state index contributed by atoms with van der Waals surface area (Å²) >= 11 is 0. The molecule has 2 saturated heterocycles. The van der Waals surface area contributed by atoms with Gasteiger partial charge in [-0.25, -0.2) is 8.42 Å². The van der Waals surface area contributed by atoms with Crippen LogP contribution in [0.5, 0.6) is 0 Å². The first-order valence-corrected chi connectivity index (χ1v) is 9.47. The summed E-state index contributed by atoms with van der Waals surface area (Å²) < 4.78 is 37.8. The van der Waals surface area contributed by atoms with E-state index in [1.165, 1.54) is 0 Å². The first kappa shape index (κ1) is 16.0. The number of rotatable bonds is 5. The average molecular weight is 328 g/mol. The highest BCUT2D eigenvalue weighted by molar-refractivity contribution is 7.89. The normalized spacial score (nSPS) is 29.9. The van der Waals surface area contributed by atoms with Crippen molar-refractivity contribution in [2.75, 3.05) is 26.0 Å². The minimum Gasteiger partial charge on any atom is -0.468 e. The summed E-state index contributed by atoms with van der Waals surface area (Å²) in [5.41, 5.74) is 0. The van der Waals surface area contributed by atoms with Gasteiger partial charge in [0.05, 0.1) is 36.7 Å². The van der Waals surface area contributed by atoms with Crippen LogP contribution in [0.2, 0.25) is 0 Å². The SMILES string of the molecule is CCS(=O)(=O)N1C[C@H](N(C)Cc2ccco2)C2OCCCC21. The van der Waals surface area contributed by atoms with Crippen molar-refractivity contribution in [1.82, 2.24) is 9.21 Å². The maximum atomic E-state index is 12.4. The Hall–Kier alpha value is -0.890. The summed E-state index contributed by atoms with van der Waals surface area (Å²) in [6, 6.07) is 3.84. The van der Waals surface area contributed by atoms with Crippen molar-refractivity contribution in [3.05, 3.63) is 24.2 Å². The van der Waals surface area contributed by atoms with Gasteiger partial charge in [-0.3, -0.25) is 4.90 Å². The van der Waals surface area contributed by atoms with Crippen LogP contribution < -0.4 is 0 Å². The molecule has 7 heteroatoms. The van der Waals surface area contributed by atoms with Gasteiger partial charge in [-0.05, 0) is 38.9 Å². The summed E-state index contributed by atoms with van der Waals surface area (Å²) in [5.74, 6) is 1.02. The average Bonchev–Trinajstić information content (AvgIpc) is 3.14. The van der Waals surface area contributed by atoms with Crippen LogP contribution in [0.4, 0.5) is 0 Å². The second-order valence-corrected chi connectivity index (χ2v) is 8.29. The fraction of sp³-hybridized carbons (Fsp3) is 0.733. The van der Waals surface area contributed by atoms with Crippen LogP contribution in [0.25, 0.3) is 0 Å².